The van der Waals surface area contributed by atoms with Gasteiger partial charge < -0.3 is 10.1 Å². The van der Waals surface area contributed by atoms with Crippen molar-refractivity contribution in [2.45, 2.75) is 38.8 Å². The molecule has 2 N–H and O–H groups in total. The van der Waals surface area contributed by atoms with E-state index in [9.17, 15) is 13.2 Å². The van der Waals surface area contributed by atoms with Crippen molar-refractivity contribution in [2.24, 2.45) is 0 Å². The number of carbonyl (C=O) groups is 1. The van der Waals surface area contributed by atoms with Crippen LogP contribution < -0.4 is 5.32 Å². The molecule has 0 fully saturated rings. The monoisotopic (exact) mass is 317 g/mol. The van der Waals surface area contributed by atoms with Gasteiger partial charge in [-0.15, -0.1) is 10.2 Å². The second-order valence-electron chi connectivity index (χ2n) is 5.44. The topological polar surface area (TPSA) is 127 Å². The molecule has 0 radical (unpaired) electrons. The Labute approximate surface area is 123 Å². The standard InChI is InChI=1S/C11H19N5O4S/c1-11(2,3)20-10(17)12-8(5-6-21(4,18)19)7-9-13-15-16-14-9/h5-6,8H,7H2,1-4H3,(H,12,17)(H,13,14,15,16)/b6-5+/t8-/m1/s1. The van der Waals surface area contributed by atoms with Crippen molar-refractivity contribution in [1.82, 2.24) is 25.9 Å². The maximum Gasteiger partial charge on any atom is 0.408 e. The Morgan fingerprint density at radius 1 is 1.48 bits per heavy atom. The van der Waals surface area contributed by atoms with Crippen molar-refractivity contribution < 1.29 is 17.9 Å². The molecule has 0 aliphatic rings. The summed E-state index contributed by atoms with van der Waals surface area (Å²) in [4.78, 5) is 11.7. The number of sulfone groups is 1. The molecule has 1 aromatic heterocycles. The first-order valence-electron chi connectivity index (χ1n) is 6.15. The number of amides is 1. The highest BCUT2D eigenvalue weighted by atomic mass is 32.2. The van der Waals surface area contributed by atoms with E-state index in [4.69, 9.17) is 4.74 Å². The van der Waals surface area contributed by atoms with Gasteiger partial charge in [0.15, 0.2) is 15.7 Å². The zero-order chi connectivity index (χ0) is 16.1. The van der Waals surface area contributed by atoms with Gasteiger partial charge in [-0.25, -0.2) is 13.2 Å². The molecule has 1 rings (SSSR count). The van der Waals surface area contributed by atoms with Crippen LogP contribution in [0.2, 0.25) is 0 Å². The molecule has 10 heteroatoms. The summed E-state index contributed by atoms with van der Waals surface area (Å²) >= 11 is 0. The average molecular weight is 317 g/mol. The maximum absolute atomic E-state index is 11.7. The number of hydrogen-bond acceptors (Lipinski definition) is 7. The Bertz CT molecular complexity index is 589. The lowest BCUT2D eigenvalue weighted by atomic mass is 10.2. The smallest absolute Gasteiger partial charge is 0.408 e. The van der Waals surface area contributed by atoms with Crippen LogP contribution in [0.1, 0.15) is 26.6 Å². The van der Waals surface area contributed by atoms with E-state index < -0.39 is 27.6 Å². The maximum atomic E-state index is 11.7. The molecule has 1 amide bonds. The SMILES string of the molecule is CC(C)(C)OC(=O)N[C@H](/C=C/S(C)(=O)=O)Cc1nn[nH]n1. The van der Waals surface area contributed by atoms with E-state index in [0.717, 1.165) is 11.7 Å². The van der Waals surface area contributed by atoms with E-state index in [1.54, 1.807) is 20.8 Å². The van der Waals surface area contributed by atoms with Gasteiger partial charge in [0.05, 0.1) is 6.04 Å². The number of nitrogens with zero attached hydrogens (tertiary/aromatic N) is 3. The third-order valence-corrected chi connectivity index (χ3v) is 2.70. The minimum atomic E-state index is -3.31. The largest absolute Gasteiger partial charge is 0.444 e. The van der Waals surface area contributed by atoms with Crippen molar-refractivity contribution in [2.75, 3.05) is 6.26 Å². The summed E-state index contributed by atoms with van der Waals surface area (Å²) < 4.78 is 27.5. The molecule has 0 aliphatic heterocycles. The Morgan fingerprint density at radius 2 is 2.14 bits per heavy atom. The van der Waals surface area contributed by atoms with Crippen LogP contribution in [-0.4, -0.2) is 53.0 Å². The summed E-state index contributed by atoms with van der Waals surface area (Å²) in [5.74, 6) is 0.342. The Hall–Kier alpha value is -1.97. The number of aromatic amines is 1. The molecule has 21 heavy (non-hydrogen) atoms. The zero-order valence-electron chi connectivity index (χ0n) is 12.3. The van der Waals surface area contributed by atoms with Gasteiger partial charge in [0.2, 0.25) is 0 Å². The van der Waals surface area contributed by atoms with Gasteiger partial charge in [0.25, 0.3) is 0 Å². The fourth-order valence-electron chi connectivity index (χ4n) is 1.33. The van der Waals surface area contributed by atoms with Crippen molar-refractivity contribution in [3.63, 3.8) is 0 Å². The molecule has 118 valence electrons. The molecule has 0 saturated heterocycles. The number of hydrogen-bond donors (Lipinski definition) is 2. The van der Waals surface area contributed by atoms with Crippen LogP contribution in [0, 0.1) is 0 Å². The summed E-state index contributed by atoms with van der Waals surface area (Å²) in [7, 11) is -3.31. The van der Waals surface area contributed by atoms with Gasteiger partial charge >= 0.3 is 6.09 Å². The summed E-state index contributed by atoms with van der Waals surface area (Å²) in [6, 6.07) is -0.632. The highest BCUT2D eigenvalue weighted by Crippen LogP contribution is 2.07. The van der Waals surface area contributed by atoms with Crippen LogP contribution in [-0.2, 0) is 21.0 Å². The van der Waals surface area contributed by atoms with Crippen LogP contribution in [0.3, 0.4) is 0 Å². The zero-order valence-corrected chi connectivity index (χ0v) is 13.1. The lowest BCUT2D eigenvalue weighted by molar-refractivity contribution is 0.0514. The molecule has 0 spiro atoms. The van der Waals surface area contributed by atoms with Gasteiger partial charge in [-0.1, -0.05) is 11.3 Å². The lowest BCUT2D eigenvalue weighted by Crippen LogP contribution is -2.39. The highest BCUT2D eigenvalue weighted by Gasteiger charge is 2.19. The molecule has 1 atom stereocenters. The number of aromatic nitrogens is 4. The van der Waals surface area contributed by atoms with Crippen molar-refractivity contribution >= 4 is 15.9 Å². The normalized spacial score (nSPS) is 14.1. The first kappa shape index (κ1) is 17.1. The van der Waals surface area contributed by atoms with E-state index in [2.05, 4.69) is 25.9 Å². The van der Waals surface area contributed by atoms with Crippen LogP contribution in [0.4, 0.5) is 4.79 Å². The Balaban J connectivity index is 2.77. The summed E-state index contributed by atoms with van der Waals surface area (Å²) in [6.45, 7) is 5.19. The molecule has 0 unspecified atom stereocenters. The first-order chi connectivity index (χ1) is 9.55. The van der Waals surface area contributed by atoms with E-state index in [0.29, 0.717) is 5.82 Å². The number of tetrazole rings is 1. The predicted octanol–water partition coefficient (Wildman–Crippen LogP) is 0.194. The number of ether oxygens (including phenoxy) is 1. The number of nitrogens with one attached hydrogen (secondary N) is 2. The second-order valence-corrected chi connectivity index (χ2v) is 7.37. The third kappa shape index (κ3) is 8.02. The van der Waals surface area contributed by atoms with Gasteiger partial charge in [-0.05, 0) is 20.8 Å². The molecule has 9 nitrogen and oxygen atoms in total. The quantitative estimate of drug-likeness (QED) is 0.793. The molecule has 0 bridgehead atoms. The van der Waals surface area contributed by atoms with Gasteiger partial charge in [0, 0.05) is 18.1 Å². The minimum absolute atomic E-state index is 0.182. The highest BCUT2D eigenvalue weighted by molar-refractivity contribution is 7.93. The van der Waals surface area contributed by atoms with E-state index in [1.807, 2.05) is 0 Å². The van der Waals surface area contributed by atoms with Gasteiger partial charge in [0.1, 0.15) is 5.60 Å². The molecule has 1 heterocycles. The molecule has 0 saturated carbocycles. The number of carbonyl (C=O) groups excluding carboxylic acids is 1. The number of alkyl carbamates (subject to hydrolysis) is 1. The van der Waals surface area contributed by atoms with Gasteiger partial charge in [-0.3, -0.25) is 0 Å². The predicted molar refractivity (Wildman–Crippen MR) is 75.0 cm³/mol. The third-order valence-electron chi connectivity index (χ3n) is 2.05. The summed E-state index contributed by atoms with van der Waals surface area (Å²) in [5.41, 5.74) is -0.651. The number of H-pyrrole nitrogens is 1. The molecule has 1 aromatic rings. The van der Waals surface area contributed by atoms with Crippen molar-refractivity contribution in [1.29, 1.82) is 0 Å². The van der Waals surface area contributed by atoms with Crippen LogP contribution in [0.5, 0.6) is 0 Å². The Morgan fingerprint density at radius 3 is 2.62 bits per heavy atom. The Kier molecular flexibility index (Phi) is 5.41. The average Bonchev–Trinajstić information content (AvgIpc) is 2.74. The summed E-state index contributed by atoms with van der Waals surface area (Å²) in [5, 5.41) is 16.8. The fraction of sp³-hybridized carbons (Fsp3) is 0.636. The second kappa shape index (κ2) is 6.66. The van der Waals surface area contributed by atoms with E-state index in [-0.39, 0.29) is 6.42 Å². The lowest BCUT2D eigenvalue weighted by Gasteiger charge is -2.21. The van der Waals surface area contributed by atoms with Crippen LogP contribution >= 0.6 is 0 Å². The van der Waals surface area contributed by atoms with Crippen LogP contribution in [0.15, 0.2) is 11.5 Å². The van der Waals surface area contributed by atoms with E-state index in [1.165, 1.54) is 6.08 Å². The molecule has 0 aromatic carbocycles. The van der Waals surface area contributed by atoms with E-state index >= 15 is 0 Å². The first-order valence-corrected chi connectivity index (χ1v) is 8.11. The molecule has 0 aliphatic carbocycles. The van der Waals surface area contributed by atoms with Gasteiger partial charge in [-0.2, -0.15) is 5.21 Å². The van der Waals surface area contributed by atoms with Crippen molar-refractivity contribution in [3.8, 4) is 0 Å². The molecular weight excluding hydrogens is 298 g/mol. The summed E-state index contributed by atoms with van der Waals surface area (Å²) in [6.07, 6.45) is 1.92. The minimum Gasteiger partial charge on any atom is -0.444 e. The van der Waals surface area contributed by atoms with Crippen molar-refractivity contribution in [3.05, 3.63) is 17.3 Å². The fourth-order valence-corrected chi connectivity index (χ4v) is 1.80. The number of rotatable bonds is 5. The molecular formula is C11H19N5O4S. The van der Waals surface area contributed by atoms with Crippen LogP contribution in [0.25, 0.3) is 0 Å².